The van der Waals surface area contributed by atoms with Gasteiger partial charge in [-0.25, -0.2) is 0 Å². The molecule has 2 nitrogen and oxygen atoms in total. The summed E-state index contributed by atoms with van der Waals surface area (Å²) >= 11 is 0. The molecule has 1 fully saturated rings. The predicted molar refractivity (Wildman–Crippen MR) is 71.9 cm³/mol. The fourth-order valence-electron chi connectivity index (χ4n) is 2.80. The first-order valence-corrected chi connectivity index (χ1v) is 6.92. The average Bonchev–Trinajstić information content (AvgIpc) is 2.38. The molecule has 0 aliphatic heterocycles. The van der Waals surface area contributed by atoms with Gasteiger partial charge in [-0.1, -0.05) is 26.2 Å². The third kappa shape index (κ3) is 3.53. The maximum atomic E-state index is 4.14. The molecule has 1 heterocycles. The van der Waals surface area contributed by atoms with Gasteiger partial charge in [-0.05, 0) is 42.9 Å². The van der Waals surface area contributed by atoms with E-state index in [1.807, 2.05) is 12.4 Å². The Balaban J connectivity index is 1.84. The summed E-state index contributed by atoms with van der Waals surface area (Å²) < 4.78 is 0. The summed E-state index contributed by atoms with van der Waals surface area (Å²) in [6, 6.07) is 2.85. The fourth-order valence-corrected chi connectivity index (χ4v) is 2.80. The van der Waals surface area contributed by atoms with Crippen LogP contribution in [0.15, 0.2) is 18.5 Å². The van der Waals surface area contributed by atoms with Gasteiger partial charge in [0.05, 0.1) is 0 Å². The molecule has 2 unspecified atom stereocenters. The van der Waals surface area contributed by atoms with Crippen LogP contribution in [0.3, 0.4) is 0 Å². The summed E-state index contributed by atoms with van der Waals surface area (Å²) in [7, 11) is 0. The number of aromatic nitrogens is 1. The largest absolute Gasteiger partial charge is 0.310 e. The predicted octanol–water partition coefficient (Wildman–Crippen LogP) is 3.45. The normalized spacial score (nSPS) is 24.8. The van der Waals surface area contributed by atoms with Gasteiger partial charge < -0.3 is 5.32 Å². The molecular formula is C15H24N2. The number of rotatable bonds is 4. The van der Waals surface area contributed by atoms with E-state index in [-0.39, 0.29) is 0 Å². The highest BCUT2D eigenvalue weighted by Gasteiger charge is 2.20. The molecule has 1 aliphatic carbocycles. The van der Waals surface area contributed by atoms with E-state index in [0.717, 1.165) is 18.5 Å². The monoisotopic (exact) mass is 232 g/mol. The highest BCUT2D eigenvalue weighted by Crippen LogP contribution is 2.26. The Morgan fingerprint density at radius 3 is 3.06 bits per heavy atom. The molecule has 0 bridgehead atoms. The Kier molecular flexibility index (Phi) is 4.55. The first-order chi connectivity index (χ1) is 8.29. The lowest BCUT2D eigenvalue weighted by Crippen LogP contribution is -2.33. The zero-order valence-corrected chi connectivity index (χ0v) is 11.1. The van der Waals surface area contributed by atoms with E-state index in [1.165, 1.54) is 43.2 Å². The third-order valence-electron chi connectivity index (χ3n) is 4.08. The zero-order chi connectivity index (χ0) is 12.1. The Bertz CT molecular complexity index is 349. The van der Waals surface area contributed by atoms with Gasteiger partial charge in [0.2, 0.25) is 0 Å². The fraction of sp³-hybridized carbons (Fsp3) is 0.667. The number of nitrogens with zero attached hydrogens (tertiary/aromatic N) is 1. The molecule has 2 rings (SSSR count). The van der Waals surface area contributed by atoms with Crippen LogP contribution >= 0.6 is 0 Å². The minimum absolute atomic E-state index is 0.723. The summed E-state index contributed by atoms with van der Waals surface area (Å²) in [5, 5.41) is 3.72. The molecule has 0 spiro atoms. The second kappa shape index (κ2) is 6.15. The van der Waals surface area contributed by atoms with Gasteiger partial charge in [0.15, 0.2) is 0 Å². The van der Waals surface area contributed by atoms with E-state index < -0.39 is 0 Å². The second-order valence-electron chi connectivity index (χ2n) is 5.32. The molecule has 1 aromatic heterocycles. The number of aryl methyl sites for hydroxylation is 1. The average molecular weight is 232 g/mol. The summed E-state index contributed by atoms with van der Waals surface area (Å²) in [6.45, 7) is 5.45. The standard InChI is InChI=1S/C15H24N2/c1-3-13-5-4-6-15(9-13)17-11-14-7-8-16-10-12(14)2/h7-8,10,13,15,17H,3-6,9,11H2,1-2H3. The van der Waals surface area contributed by atoms with Crippen molar-refractivity contribution >= 4 is 0 Å². The molecular weight excluding hydrogens is 208 g/mol. The van der Waals surface area contributed by atoms with E-state index in [9.17, 15) is 0 Å². The lowest BCUT2D eigenvalue weighted by atomic mass is 9.84. The zero-order valence-electron chi connectivity index (χ0n) is 11.1. The molecule has 94 valence electrons. The van der Waals surface area contributed by atoms with Gasteiger partial charge in [-0.15, -0.1) is 0 Å². The van der Waals surface area contributed by atoms with Crippen LogP contribution < -0.4 is 5.32 Å². The lowest BCUT2D eigenvalue weighted by Gasteiger charge is -2.29. The summed E-state index contributed by atoms with van der Waals surface area (Å²) in [5.41, 5.74) is 2.68. The van der Waals surface area contributed by atoms with Crippen LogP contribution in [0.1, 0.15) is 50.2 Å². The van der Waals surface area contributed by atoms with E-state index in [1.54, 1.807) is 0 Å². The van der Waals surface area contributed by atoms with E-state index >= 15 is 0 Å². The molecule has 1 aromatic rings. The molecule has 0 saturated heterocycles. The smallest absolute Gasteiger partial charge is 0.0300 e. The van der Waals surface area contributed by atoms with Gasteiger partial charge in [0.1, 0.15) is 0 Å². The van der Waals surface area contributed by atoms with Crippen molar-refractivity contribution in [3.63, 3.8) is 0 Å². The van der Waals surface area contributed by atoms with Crippen molar-refractivity contribution in [2.75, 3.05) is 0 Å². The van der Waals surface area contributed by atoms with Gasteiger partial charge in [0, 0.05) is 25.0 Å². The molecule has 17 heavy (non-hydrogen) atoms. The molecule has 2 heteroatoms. The Morgan fingerprint density at radius 1 is 1.41 bits per heavy atom. The minimum Gasteiger partial charge on any atom is -0.310 e. The summed E-state index contributed by atoms with van der Waals surface area (Å²) in [5.74, 6) is 0.944. The van der Waals surface area contributed by atoms with Crippen LogP contribution in [0.2, 0.25) is 0 Å². The summed E-state index contributed by atoms with van der Waals surface area (Å²) in [4.78, 5) is 4.14. The van der Waals surface area contributed by atoms with Crippen LogP contribution in [0.25, 0.3) is 0 Å². The van der Waals surface area contributed by atoms with Crippen molar-refractivity contribution < 1.29 is 0 Å². The highest BCUT2D eigenvalue weighted by molar-refractivity contribution is 5.21. The van der Waals surface area contributed by atoms with E-state index in [4.69, 9.17) is 0 Å². The van der Waals surface area contributed by atoms with Crippen molar-refractivity contribution in [1.82, 2.24) is 10.3 Å². The van der Waals surface area contributed by atoms with Crippen molar-refractivity contribution in [1.29, 1.82) is 0 Å². The maximum Gasteiger partial charge on any atom is 0.0300 e. The lowest BCUT2D eigenvalue weighted by molar-refractivity contribution is 0.278. The molecule has 0 amide bonds. The molecule has 1 aliphatic rings. The Morgan fingerprint density at radius 2 is 2.29 bits per heavy atom. The number of hydrogen-bond acceptors (Lipinski definition) is 2. The first kappa shape index (κ1) is 12.6. The molecule has 2 atom stereocenters. The third-order valence-corrected chi connectivity index (χ3v) is 4.08. The van der Waals surface area contributed by atoms with Crippen molar-refractivity contribution in [3.05, 3.63) is 29.6 Å². The van der Waals surface area contributed by atoms with Crippen LogP contribution in [-0.2, 0) is 6.54 Å². The van der Waals surface area contributed by atoms with Crippen LogP contribution in [-0.4, -0.2) is 11.0 Å². The number of hydrogen-bond donors (Lipinski definition) is 1. The number of nitrogens with one attached hydrogen (secondary N) is 1. The topological polar surface area (TPSA) is 24.9 Å². The summed E-state index contributed by atoms with van der Waals surface area (Å²) in [6.07, 6.45) is 10.7. The maximum absolute atomic E-state index is 4.14. The molecule has 0 radical (unpaired) electrons. The van der Waals surface area contributed by atoms with E-state index in [2.05, 4.69) is 30.2 Å². The highest BCUT2D eigenvalue weighted by atomic mass is 14.9. The van der Waals surface area contributed by atoms with Crippen LogP contribution in [0, 0.1) is 12.8 Å². The minimum atomic E-state index is 0.723. The molecule has 1 saturated carbocycles. The quantitative estimate of drug-likeness (QED) is 0.860. The van der Waals surface area contributed by atoms with E-state index in [0.29, 0.717) is 0 Å². The van der Waals surface area contributed by atoms with Crippen molar-refractivity contribution in [2.24, 2.45) is 5.92 Å². The van der Waals surface area contributed by atoms with Gasteiger partial charge in [-0.2, -0.15) is 0 Å². The SMILES string of the molecule is CCC1CCCC(NCc2ccncc2C)C1. The molecule has 0 aromatic carbocycles. The van der Waals surface area contributed by atoms with Gasteiger partial charge in [-0.3, -0.25) is 4.98 Å². The Labute approximate surface area is 105 Å². The van der Waals surface area contributed by atoms with Gasteiger partial charge >= 0.3 is 0 Å². The Hall–Kier alpha value is -0.890. The van der Waals surface area contributed by atoms with Crippen LogP contribution in [0.5, 0.6) is 0 Å². The van der Waals surface area contributed by atoms with Crippen LogP contribution in [0.4, 0.5) is 0 Å². The van der Waals surface area contributed by atoms with Gasteiger partial charge in [0.25, 0.3) is 0 Å². The second-order valence-corrected chi connectivity index (χ2v) is 5.32. The first-order valence-electron chi connectivity index (χ1n) is 6.92. The molecule has 1 N–H and O–H groups in total. The van der Waals surface area contributed by atoms with Crippen molar-refractivity contribution in [3.8, 4) is 0 Å². The number of pyridine rings is 1. The van der Waals surface area contributed by atoms with Crippen molar-refractivity contribution in [2.45, 2.75) is 58.5 Å².